The molecule has 2 aromatic carbocycles. The molecule has 0 aliphatic heterocycles. The van der Waals surface area contributed by atoms with Gasteiger partial charge in [0.05, 0.1) is 4.90 Å². The summed E-state index contributed by atoms with van der Waals surface area (Å²) in [7, 11) is -1.81. The van der Waals surface area contributed by atoms with E-state index >= 15 is 0 Å². The number of hydrogen-bond acceptors (Lipinski definition) is 7. The maximum atomic E-state index is 11.7. The number of hydrogen-bond donors (Lipinski definition) is 1. The first-order valence-electron chi connectivity index (χ1n) is 8.88. The Morgan fingerprint density at radius 3 is 2.43 bits per heavy atom. The van der Waals surface area contributed by atoms with Gasteiger partial charge in [0, 0.05) is 30.2 Å². The number of hydroxylamine groups is 2. The molecule has 3 rings (SSSR count). The van der Waals surface area contributed by atoms with Crippen molar-refractivity contribution >= 4 is 44.2 Å². The molecule has 0 aliphatic carbocycles. The number of oxazole rings is 1. The lowest BCUT2D eigenvalue weighted by Gasteiger charge is -2.08. The highest BCUT2D eigenvalue weighted by Crippen LogP contribution is 2.33. The highest BCUT2D eigenvalue weighted by atomic mass is 32.2. The quantitative estimate of drug-likeness (QED) is 0.416. The van der Waals surface area contributed by atoms with Gasteiger partial charge in [0.1, 0.15) is 5.69 Å². The van der Waals surface area contributed by atoms with Gasteiger partial charge < -0.3 is 4.42 Å². The van der Waals surface area contributed by atoms with Crippen LogP contribution in [0.5, 0.6) is 0 Å². The van der Waals surface area contributed by atoms with E-state index in [0.717, 1.165) is 16.2 Å². The molecule has 0 unspecified atom stereocenters. The Bertz CT molecular complexity index is 1150. The molecule has 0 radical (unpaired) electrons. The normalized spacial score (nSPS) is 11.7. The third kappa shape index (κ3) is 5.57. The van der Waals surface area contributed by atoms with Crippen LogP contribution in [0.3, 0.4) is 0 Å². The average molecular weight is 461 g/mol. The predicted octanol–water partition coefficient (Wildman–Crippen LogP) is 4.76. The van der Waals surface area contributed by atoms with Crippen molar-refractivity contribution in [3.8, 4) is 22.6 Å². The van der Waals surface area contributed by atoms with Crippen LogP contribution in [0.1, 0.15) is 5.89 Å². The summed E-state index contributed by atoms with van der Waals surface area (Å²) in [6, 6.07) is 16.2. The predicted molar refractivity (Wildman–Crippen MR) is 124 cm³/mol. The van der Waals surface area contributed by atoms with E-state index in [1.54, 1.807) is 30.3 Å². The summed E-state index contributed by atoms with van der Waals surface area (Å²) in [5.74, 6) is 1.52. The molecule has 0 bridgehead atoms. The lowest BCUT2D eigenvalue weighted by molar-refractivity contribution is 0.0205. The largest absolute Gasteiger partial charge is 0.436 e. The number of nitrogens with zero attached hydrogens (tertiary/aromatic N) is 2. The van der Waals surface area contributed by atoms with Crippen LogP contribution in [0.15, 0.2) is 70.0 Å². The average Bonchev–Trinajstić information content (AvgIpc) is 3.15. The van der Waals surface area contributed by atoms with Crippen molar-refractivity contribution in [2.75, 3.05) is 19.1 Å². The molecule has 0 atom stereocenters. The van der Waals surface area contributed by atoms with Gasteiger partial charge in [0.15, 0.2) is 19.9 Å². The molecule has 1 heterocycles. The van der Waals surface area contributed by atoms with Crippen LogP contribution >= 0.6 is 24.0 Å². The summed E-state index contributed by atoms with van der Waals surface area (Å²) >= 11 is 6.33. The Balaban J connectivity index is 1.92. The molecule has 0 amide bonds. The fraction of sp³-hybridized carbons (Fsp3) is 0.143. The molecule has 0 aliphatic rings. The zero-order valence-corrected chi connectivity index (χ0v) is 18.8. The van der Waals surface area contributed by atoms with Crippen molar-refractivity contribution in [2.24, 2.45) is 0 Å². The maximum Gasteiger partial charge on any atom is 0.219 e. The standard InChI is InChI=1S/C21H20N2O4S3/c1-23(24)21(28)29-14-6-9-18-22-19(15-7-4-3-5-8-15)20(27-18)16-10-12-17(13-11-16)30(2,25)26/h3-13,24H,14H2,1-2H3. The van der Waals surface area contributed by atoms with E-state index in [1.165, 1.54) is 25.1 Å². The molecule has 6 nitrogen and oxygen atoms in total. The minimum absolute atomic E-state index is 0.244. The van der Waals surface area contributed by atoms with Crippen LogP contribution in [-0.4, -0.2) is 47.0 Å². The van der Waals surface area contributed by atoms with Gasteiger partial charge >= 0.3 is 0 Å². The first-order valence-corrected chi connectivity index (χ1v) is 12.2. The summed E-state index contributed by atoms with van der Waals surface area (Å²) in [5, 5.41) is 10.2. The number of thioether (sulfide) groups is 1. The molecule has 156 valence electrons. The molecule has 0 spiro atoms. The van der Waals surface area contributed by atoms with Gasteiger partial charge in [-0.05, 0) is 30.3 Å². The zero-order chi connectivity index (χ0) is 21.7. The lowest BCUT2D eigenvalue weighted by atomic mass is 10.1. The number of benzene rings is 2. The molecule has 0 saturated carbocycles. The third-order valence-electron chi connectivity index (χ3n) is 4.06. The van der Waals surface area contributed by atoms with Crippen LogP contribution in [0.4, 0.5) is 0 Å². The number of rotatable bonds is 6. The first kappa shape index (κ1) is 22.2. The second kappa shape index (κ2) is 9.57. The molecule has 3 aromatic rings. The van der Waals surface area contributed by atoms with E-state index in [2.05, 4.69) is 4.98 Å². The molecule has 0 fully saturated rings. The van der Waals surface area contributed by atoms with Crippen molar-refractivity contribution in [3.63, 3.8) is 0 Å². The van der Waals surface area contributed by atoms with E-state index in [-0.39, 0.29) is 4.90 Å². The van der Waals surface area contributed by atoms with E-state index in [0.29, 0.717) is 27.4 Å². The van der Waals surface area contributed by atoms with Gasteiger partial charge in [-0.25, -0.2) is 18.5 Å². The van der Waals surface area contributed by atoms with Crippen molar-refractivity contribution in [3.05, 3.63) is 66.6 Å². The van der Waals surface area contributed by atoms with Crippen LogP contribution in [0.25, 0.3) is 28.7 Å². The highest BCUT2D eigenvalue weighted by Gasteiger charge is 2.17. The first-order chi connectivity index (χ1) is 14.3. The van der Waals surface area contributed by atoms with Crippen LogP contribution < -0.4 is 0 Å². The molecule has 1 aromatic heterocycles. The van der Waals surface area contributed by atoms with Crippen LogP contribution in [-0.2, 0) is 9.84 Å². The minimum atomic E-state index is -3.28. The lowest BCUT2D eigenvalue weighted by Crippen LogP contribution is -2.17. The number of sulfone groups is 1. The van der Waals surface area contributed by atoms with E-state index in [1.807, 2.05) is 36.4 Å². The van der Waals surface area contributed by atoms with Crippen molar-refractivity contribution < 1.29 is 18.0 Å². The highest BCUT2D eigenvalue weighted by molar-refractivity contribution is 8.22. The van der Waals surface area contributed by atoms with Crippen molar-refractivity contribution in [1.29, 1.82) is 0 Å². The third-order valence-corrected chi connectivity index (χ3v) is 6.68. The Morgan fingerprint density at radius 1 is 1.17 bits per heavy atom. The van der Waals surface area contributed by atoms with Gasteiger partial charge in [-0.15, -0.1) is 0 Å². The molecule has 1 N–H and O–H groups in total. The second-order valence-corrected chi connectivity index (χ2v) is 10.1. The Morgan fingerprint density at radius 2 is 1.83 bits per heavy atom. The Kier molecular flexibility index (Phi) is 7.09. The van der Waals surface area contributed by atoms with E-state index < -0.39 is 9.84 Å². The maximum absolute atomic E-state index is 11.7. The molecule has 9 heteroatoms. The second-order valence-electron chi connectivity index (χ2n) is 6.40. The summed E-state index contributed by atoms with van der Waals surface area (Å²) in [6.07, 6.45) is 4.76. The van der Waals surface area contributed by atoms with Gasteiger partial charge in [0.25, 0.3) is 0 Å². The van der Waals surface area contributed by atoms with Crippen LogP contribution in [0.2, 0.25) is 0 Å². The monoisotopic (exact) mass is 460 g/mol. The number of thiocarbonyl (C=S) groups is 1. The summed E-state index contributed by atoms with van der Waals surface area (Å²) in [5.41, 5.74) is 2.28. The SMILES string of the molecule is CN(O)C(=S)SCC=Cc1nc(-c2ccccc2)c(-c2ccc(S(C)(=O)=O)cc2)o1. The Hall–Kier alpha value is -2.46. The topological polar surface area (TPSA) is 83.6 Å². The number of aromatic nitrogens is 1. The fourth-order valence-corrected chi connectivity index (χ4v) is 3.97. The molecule has 30 heavy (non-hydrogen) atoms. The van der Waals surface area contributed by atoms with Crippen molar-refractivity contribution in [2.45, 2.75) is 4.90 Å². The zero-order valence-electron chi connectivity index (χ0n) is 16.3. The van der Waals surface area contributed by atoms with Gasteiger partial charge in [0.2, 0.25) is 5.89 Å². The smallest absolute Gasteiger partial charge is 0.219 e. The molecule has 0 saturated heterocycles. The summed E-state index contributed by atoms with van der Waals surface area (Å²) < 4.78 is 29.8. The molecular formula is C21H20N2O4S3. The summed E-state index contributed by atoms with van der Waals surface area (Å²) in [4.78, 5) is 4.85. The molecular weight excluding hydrogens is 440 g/mol. The minimum Gasteiger partial charge on any atom is -0.436 e. The van der Waals surface area contributed by atoms with Crippen LogP contribution in [0, 0.1) is 0 Å². The van der Waals surface area contributed by atoms with Gasteiger partial charge in [-0.2, -0.15) is 0 Å². The van der Waals surface area contributed by atoms with Gasteiger partial charge in [-0.3, -0.25) is 5.21 Å². The Labute approximate surface area is 185 Å². The van der Waals surface area contributed by atoms with E-state index in [4.69, 9.17) is 16.6 Å². The van der Waals surface area contributed by atoms with Gasteiger partial charge in [-0.1, -0.05) is 60.4 Å². The van der Waals surface area contributed by atoms with E-state index in [9.17, 15) is 13.6 Å². The fourth-order valence-electron chi connectivity index (χ4n) is 2.61. The summed E-state index contributed by atoms with van der Waals surface area (Å²) in [6.45, 7) is 0. The van der Waals surface area contributed by atoms with Crippen molar-refractivity contribution in [1.82, 2.24) is 10.0 Å².